The fourth-order valence-corrected chi connectivity index (χ4v) is 3.44. The largest absolute Gasteiger partial charge is 0.401 e. The minimum atomic E-state index is -4.09. The molecular formula is C13H24F3N3. The zero-order chi connectivity index (χ0) is 14.1. The Morgan fingerprint density at radius 2 is 1.68 bits per heavy atom. The van der Waals surface area contributed by atoms with Gasteiger partial charge in [-0.15, -0.1) is 0 Å². The highest BCUT2D eigenvalue weighted by Gasteiger charge is 2.47. The summed E-state index contributed by atoms with van der Waals surface area (Å²) in [5.74, 6) is 0.650. The van der Waals surface area contributed by atoms with Gasteiger partial charge in [-0.2, -0.15) is 13.2 Å². The maximum Gasteiger partial charge on any atom is 0.401 e. The van der Waals surface area contributed by atoms with Gasteiger partial charge in [0.2, 0.25) is 0 Å². The highest BCUT2D eigenvalue weighted by molar-refractivity contribution is 5.03. The number of nitrogens with two attached hydrogens (primary N) is 1. The lowest BCUT2D eigenvalue weighted by molar-refractivity contribution is -0.151. The van der Waals surface area contributed by atoms with Gasteiger partial charge < -0.3 is 5.73 Å². The first-order valence-corrected chi connectivity index (χ1v) is 7.15. The van der Waals surface area contributed by atoms with E-state index in [2.05, 4.69) is 11.8 Å². The van der Waals surface area contributed by atoms with Gasteiger partial charge >= 0.3 is 6.18 Å². The summed E-state index contributed by atoms with van der Waals surface area (Å²) in [5.41, 5.74) is 6.02. The quantitative estimate of drug-likeness (QED) is 0.831. The Hall–Kier alpha value is -0.330. The van der Waals surface area contributed by atoms with Crippen LogP contribution in [0.25, 0.3) is 0 Å². The first-order valence-electron chi connectivity index (χ1n) is 7.15. The summed E-state index contributed by atoms with van der Waals surface area (Å²) in [6, 6.07) is 0. The molecule has 2 N–H and O–H groups in total. The minimum Gasteiger partial charge on any atom is -0.329 e. The van der Waals surface area contributed by atoms with Crippen LogP contribution in [0.3, 0.4) is 0 Å². The van der Waals surface area contributed by atoms with Crippen LogP contribution < -0.4 is 5.73 Å². The molecule has 2 aliphatic rings. The third-order valence-electron chi connectivity index (χ3n) is 4.71. The van der Waals surface area contributed by atoms with Crippen LogP contribution in [0.4, 0.5) is 13.2 Å². The fourth-order valence-electron chi connectivity index (χ4n) is 3.44. The molecule has 0 amide bonds. The van der Waals surface area contributed by atoms with Gasteiger partial charge in [-0.1, -0.05) is 6.92 Å². The molecule has 3 nitrogen and oxygen atoms in total. The van der Waals surface area contributed by atoms with Crippen molar-refractivity contribution in [3.63, 3.8) is 0 Å². The van der Waals surface area contributed by atoms with Crippen molar-refractivity contribution in [3.8, 4) is 0 Å². The predicted molar refractivity (Wildman–Crippen MR) is 68.9 cm³/mol. The lowest BCUT2D eigenvalue weighted by Crippen LogP contribution is -2.61. The van der Waals surface area contributed by atoms with Gasteiger partial charge in [0, 0.05) is 38.3 Å². The number of rotatable bonds is 5. The van der Waals surface area contributed by atoms with Crippen LogP contribution in [0, 0.1) is 5.92 Å². The number of halogens is 3. The molecule has 0 bridgehead atoms. The maximum absolute atomic E-state index is 12.4. The Balaban J connectivity index is 1.91. The number of nitrogens with zero attached hydrogens (tertiary/aromatic N) is 2. The zero-order valence-corrected chi connectivity index (χ0v) is 11.5. The Morgan fingerprint density at radius 1 is 1.11 bits per heavy atom. The van der Waals surface area contributed by atoms with Crippen LogP contribution >= 0.6 is 0 Å². The van der Waals surface area contributed by atoms with Crippen molar-refractivity contribution in [2.24, 2.45) is 11.7 Å². The van der Waals surface area contributed by atoms with Gasteiger partial charge in [-0.25, -0.2) is 0 Å². The standard InChI is InChI=1S/C13H24F3N3/c1-2-12(9-17,11-3-4-11)19-7-5-18(6-8-19)10-13(14,15)16/h11H,2-10,17H2,1H3. The molecule has 0 aromatic rings. The molecule has 2 rings (SSSR count). The molecule has 0 aromatic heterocycles. The molecule has 0 aromatic carbocycles. The van der Waals surface area contributed by atoms with Crippen molar-refractivity contribution in [3.05, 3.63) is 0 Å². The molecule has 1 aliphatic carbocycles. The lowest BCUT2D eigenvalue weighted by atomic mass is 9.87. The van der Waals surface area contributed by atoms with Crippen LogP contribution in [0.2, 0.25) is 0 Å². The molecule has 1 unspecified atom stereocenters. The van der Waals surface area contributed by atoms with Crippen LogP contribution in [0.5, 0.6) is 0 Å². The molecule has 2 fully saturated rings. The van der Waals surface area contributed by atoms with Crippen molar-refractivity contribution in [2.75, 3.05) is 39.3 Å². The fraction of sp³-hybridized carbons (Fsp3) is 1.00. The summed E-state index contributed by atoms with van der Waals surface area (Å²) in [4.78, 5) is 3.85. The Labute approximate surface area is 112 Å². The van der Waals surface area contributed by atoms with E-state index in [0.29, 0.717) is 38.6 Å². The predicted octanol–water partition coefficient (Wildman–Crippen LogP) is 1.68. The van der Waals surface area contributed by atoms with Gasteiger partial charge in [0.1, 0.15) is 0 Å². The van der Waals surface area contributed by atoms with Gasteiger partial charge in [-0.3, -0.25) is 9.80 Å². The van der Waals surface area contributed by atoms with Crippen LogP contribution in [-0.2, 0) is 0 Å². The number of piperazine rings is 1. The van der Waals surface area contributed by atoms with E-state index in [4.69, 9.17) is 5.73 Å². The summed E-state index contributed by atoms with van der Waals surface area (Å²) >= 11 is 0. The molecule has 19 heavy (non-hydrogen) atoms. The summed E-state index contributed by atoms with van der Waals surface area (Å²) < 4.78 is 37.1. The molecule has 1 aliphatic heterocycles. The minimum absolute atomic E-state index is 0.0321. The maximum atomic E-state index is 12.4. The van der Waals surface area contributed by atoms with Crippen molar-refractivity contribution in [1.82, 2.24) is 9.80 Å². The topological polar surface area (TPSA) is 32.5 Å². The second-order valence-electron chi connectivity index (χ2n) is 5.81. The van der Waals surface area contributed by atoms with E-state index in [1.165, 1.54) is 17.7 Å². The molecule has 6 heteroatoms. The number of hydrogen-bond acceptors (Lipinski definition) is 3. The van der Waals surface area contributed by atoms with Gasteiger partial charge in [0.15, 0.2) is 0 Å². The second kappa shape index (κ2) is 5.58. The van der Waals surface area contributed by atoms with Gasteiger partial charge in [0.05, 0.1) is 6.54 Å². The Kier molecular flexibility index (Phi) is 4.42. The van der Waals surface area contributed by atoms with Crippen molar-refractivity contribution < 1.29 is 13.2 Å². The lowest BCUT2D eigenvalue weighted by Gasteiger charge is -2.47. The van der Waals surface area contributed by atoms with Crippen molar-refractivity contribution in [1.29, 1.82) is 0 Å². The average molecular weight is 279 g/mol. The van der Waals surface area contributed by atoms with E-state index in [1.807, 2.05) is 0 Å². The second-order valence-corrected chi connectivity index (χ2v) is 5.81. The van der Waals surface area contributed by atoms with Crippen molar-refractivity contribution in [2.45, 2.75) is 37.9 Å². The Morgan fingerprint density at radius 3 is 2.05 bits per heavy atom. The van der Waals surface area contributed by atoms with E-state index in [0.717, 1.165) is 6.42 Å². The summed E-state index contributed by atoms with van der Waals surface area (Å²) in [5, 5.41) is 0. The summed E-state index contributed by atoms with van der Waals surface area (Å²) in [6.07, 6.45) is -0.663. The first kappa shape index (κ1) is 15.1. The van der Waals surface area contributed by atoms with Crippen LogP contribution in [0.1, 0.15) is 26.2 Å². The monoisotopic (exact) mass is 279 g/mol. The molecule has 1 saturated carbocycles. The van der Waals surface area contributed by atoms with E-state index < -0.39 is 12.7 Å². The molecule has 1 heterocycles. The van der Waals surface area contributed by atoms with Gasteiger partial charge in [0.25, 0.3) is 0 Å². The van der Waals surface area contributed by atoms with E-state index in [1.54, 1.807) is 0 Å². The first-order chi connectivity index (χ1) is 8.91. The average Bonchev–Trinajstić information content (AvgIpc) is 3.16. The zero-order valence-electron chi connectivity index (χ0n) is 11.5. The van der Waals surface area contributed by atoms with Crippen LogP contribution in [0.15, 0.2) is 0 Å². The highest BCUT2D eigenvalue weighted by Crippen LogP contribution is 2.44. The van der Waals surface area contributed by atoms with Gasteiger partial charge in [-0.05, 0) is 25.2 Å². The van der Waals surface area contributed by atoms with E-state index in [-0.39, 0.29) is 5.54 Å². The van der Waals surface area contributed by atoms with Crippen LogP contribution in [-0.4, -0.2) is 60.8 Å². The molecular weight excluding hydrogens is 255 g/mol. The Bertz CT molecular complexity index is 290. The SMILES string of the molecule is CCC(CN)(C1CC1)N1CCN(CC(F)(F)F)CC1. The van der Waals surface area contributed by atoms with E-state index in [9.17, 15) is 13.2 Å². The third-order valence-corrected chi connectivity index (χ3v) is 4.71. The number of alkyl halides is 3. The molecule has 0 radical (unpaired) electrons. The molecule has 112 valence electrons. The molecule has 1 atom stereocenters. The smallest absolute Gasteiger partial charge is 0.329 e. The molecule has 1 saturated heterocycles. The normalized spacial score (nSPS) is 26.4. The number of hydrogen-bond donors (Lipinski definition) is 1. The van der Waals surface area contributed by atoms with Crippen molar-refractivity contribution >= 4 is 0 Å². The summed E-state index contributed by atoms with van der Waals surface area (Å²) in [6.45, 7) is 4.38. The molecule has 0 spiro atoms. The van der Waals surface area contributed by atoms with E-state index >= 15 is 0 Å². The third kappa shape index (κ3) is 3.41. The highest BCUT2D eigenvalue weighted by atomic mass is 19.4. The summed E-state index contributed by atoms with van der Waals surface area (Å²) in [7, 11) is 0.